The summed E-state index contributed by atoms with van der Waals surface area (Å²) in [6, 6.07) is 10.6. The molecule has 142 valence electrons. The van der Waals surface area contributed by atoms with Gasteiger partial charge in [0.15, 0.2) is 0 Å². The van der Waals surface area contributed by atoms with Crippen LogP contribution in [0, 0.1) is 0 Å². The number of likely N-dealkylation sites (tertiary alicyclic amines) is 1. The van der Waals surface area contributed by atoms with Crippen LogP contribution in [0.2, 0.25) is 6.32 Å². The molecule has 2 heterocycles. The minimum absolute atomic E-state index is 0.474. The topological polar surface area (TPSA) is 82.6 Å². The number of halogens is 1. The fraction of sp³-hybridized carbons (Fsp3) is 0.526. The van der Waals surface area contributed by atoms with Crippen molar-refractivity contribution in [2.24, 2.45) is 3.95 Å². The molecule has 1 aromatic carbocycles. The molecule has 1 aliphatic heterocycles. The number of unbranched alkanes of at least 4 members (excludes halogenated alkanes) is 1. The summed E-state index contributed by atoms with van der Waals surface area (Å²) in [6.45, 7) is 3.21. The van der Waals surface area contributed by atoms with E-state index < -0.39 is 27.2 Å². The number of pyridine rings is 1. The van der Waals surface area contributed by atoms with Crippen LogP contribution in [0.4, 0.5) is 0 Å². The van der Waals surface area contributed by atoms with Gasteiger partial charge < -0.3 is 0 Å². The Labute approximate surface area is 163 Å². The molecule has 7 heteroatoms. The molecular weight excluding hydrogens is 440 g/mol. The van der Waals surface area contributed by atoms with Gasteiger partial charge in [0, 0.05) is 0 Å². The van der Waals surface area contributed by atoms with Gasteiger partial charge in [0.2, 0.25) is 0 Å². The van der Waals surface area contributed by atoms with Crippen LogP contribution in [0.25, 0.3) is 10.9 Å². The Hall–Kier alpha value is -0.735. The second kappa shape index (κ2) is 9.99. The van der Waals surface area contributed by atoms with Gasteiger partial charge >= 0.3 is 164 Å². The van der Waals surface area contributed by atoms with E-state index in [0.29, 0.717) is 6.32 Å². The number of para-hydroxylation sites is 1. The Kier molecular flexibility index (Phi) is 7.69. The van der Waals surface area contributed by atoms with Crippen molar-refractivity contribution in [1.29, 1.82) is 0 Å². The molecule has 26 heavy (non-hydrogen) atoms. The van der Waals surface area contributed by atoms with Gasteiger partial charge in [0.05, 0.1) is 0 Å². The summed E-state index contributed by atoms with van der Waals surface area (Å²) in [4.78, 5) is 7.10. The summed E-state index contributed by atoms with van der Waals surface area (Å²) >= 11 is -1.38. The molecule has 0 bridgehead atoms. The van der Waals surface area contributed by atoms with E-state index in [1.165, 1.54) is 23.8 Å². The number of fused-ring (bicyclic) bond motifs is 1. The molecule has 0 amide bonds. The van der Waals surface area contributed by atoms with E-state index in [1.807, 2.05) is 12.3 Å². The first-order chi connectivity index (χ1) is 12.6. The second-order valence-corrected chi connectivity index (χ2v) is 12.4. The van der Waals surface area contributed by atoms with Crippen LogP contribution in [-0.2, 0) is 6.54 Å². The van der Waals surface area contributed by atoms with E-state index in [0.717, 1.165) is 46.3 Å². The van der Waals surface area contributed by atoms with E-state index in [-0.39, 0.29) is 0 Å². The van der Waals surface area contributed by atoms with Crippen LogP contribution in [0.3, 0.4) is 0 Å². The van der Waals surface area contributed by atoms with Crippen molar-refractivity contribution in [3.63, 3.8) is 0 Å². The standard InChI is InChI=1S/C19H29BIN3O2/c22-21(11-2-1-10-20(25)26)18-8-13-24(14-9-18)15-17-6-3-5-16-7-4-12-23-19(16)17/h3-7,12,18,25-26H,1-2,8-11,13-15,22H2. The number of hydrogen-bond acceptors (Lipinski definition) is 5. The van der Waals surface area contributed by atoms with Crippen molar-refractivity contribution in [3.05, 3.63) is 42.1 Å². The monoisotopic (exact) mass is 469 g/mol. The summed E-state index contributed by atoms with van der Waals surface area (Å²) < 4.78 is 8.41. The van der Waals surface area contributed by atoms with Crippen molar-refractivity contribution in [2.45, 2.75) is 42.5 Å². The van der Waals surface area contributed by atoms with Crippen molar-refractivity contribution in [2.75, 3.05) is 17.5 Å². The first-order valence-electron chi connectivity index (χ1n) is 9.43. The molecule has 1 saturated heterocycles. The van der Waals surface area contributed by atoms with Crippen LogP contribution < -0.4 is 3.95 Å². The molecule has 1 fully saturated rings. The Morgan fingerprint density at radius 1 is 1.15 bits per heavy atom. The van der Waals surface area contributed by atoms with Gasteiger partial charge in [0.1, 0.15) is 0 Å². The molecule has 0 unspecified atom stereocenters. The maximum absolute atomic E-state index is 8.91. The van der Waals surface area contributed by atoms with E-state index in [1.54, 1.807) is 0 Å². The first kappa shape index (κ1) is 20.0. The number of nitrogens with two attached hydrogens (primary N) is 1. The Balaban J connectivity index is 1.46. The van der Waals surface area contributed by atoms with E-state index >= 15 is 0 Å². The summed E-state index contributed by atoms with van der Waals surface area (Å²) in [7, 11) is -1.16. The van der Waals surface area contributed by atoms with E-state index in [9.17, 15) is 0 Å². The molecule has 0 atom stereocenters. The second-order valence-electron chi connectivity index (χ2n) is 7.04. The quantitative estimate of drug-likeness (QED) is 0.182. The molecular formula is C19H29BIN3O2. The molecule has 1 aliphatic rings. The fourth-order valence-electron chi connectivity index (χ4n) is 3.61. The molecule has 1 aromatic heterocycles. The van der Waals surface area contributed by atoms with Gasteiger partial charge in [-0.3, -0.25) is 0 Å². The van der Waals surface area contributed by atoms with Crippen molar-refractivity contribution in [1.82, 2.24) is 9.88 Å². The Morgan fingerprint density at radius 2 is 1.92 bits per heavy atom. The SMILES string of the molecule is NI(CCCCB(O)O)C1CCN(Cc2cccc3cccnc23)CC1. The Bertz CT molecular complexity index is 690. The third kappa shape index (κ3) is 5.63. The zero-order valence-corrected chi connectivity index (χ0v) is 17.4. The van der Waals surface area contributed by atoms with Crippen LogP contribution >= 0.6 is 20.1 Å². The number of piperidine rings is 1. The molecule has 3 rings (SSSR count). The molecule has 0 spiro atoms. The average Bonchev–Trinajstić information content (AvgIpc) is 2.66. The minimum atomic E-state index is -1.38. The summed E-state index contributed by atoms with van der Waals surface area (Å²) in [6.07, 6.45) is 6.68. The molecule has 5 nitrogen and oxygen atoms in total. The fourth-order valence-corrected chi connectivity index (χ4v) is 8.06. The average molecular weight is 469 g/mol. The predicted octanol–water partition coefficient (Wildman–Crippen LogP) is 2.83. The summed E-state index contributed by atoms with van der Waals surface area (Å²) in [5.41, 5.74) is 2.43. The Morgan fingerprint density at radius 3 is 2.69 bits per heavy atom. The predicted molar refractivity (Wildman–Crippen MR) is 117 cm³/mol. The molecule has 0 saturated carbocycles. The number of benzene rings is 1. The number of nitrogens with zero attached hydrogens (tertiary/aromatic N) is 2. The van der Waals surface area contributed by atoms with Gasteiger partial charge in [-0.15, -0.1) is 0 Å². The van der Waals surface area contributed by atoms with E-state index in [2.05, 4.69) is 34.1 Å². The molecule has 0 radical (unpaired) electrons. The molecule has 0 aliphatic carbocycles. The van der Waals surface area contributed by atoms with Crippen molar-refractivity contribution in [3.8, 4) is 0 Å². The van der Waals surface area contributed by atoms with Gasteiger partial charge in [-0.25, -0.2) is 0 Å². The molecule has 4 N–H and O–H groups in total. The zero-order valence-electron chi connectivity index (χ0n) is 15.2. The first-order valence-corrected chi connectivity index (χ1v) is 13.4. The van der Waals surface area contributed by atoms with Crippen molar-refractivity contribution < 1.29 is 10.0 Å². The summed E-state index contributed by atoms with van der Waals surface area (Å²) in [5, 5.41) is 19.0. The van der Waals surface area contributed by atoms with Gasteiger partial charge in [-0.05, 0) is 0 Å². The van der Waals surface area contributed by atoms with Gasteiger partial charge in [0.25, 0.3) is 0 Å². The van der Waals surface area contributed by atoms with Crippen LogP contribution in [0.1, 0.15) is 31.2 Å². The van der Waals surface area contributed by atoms with Crippen LogP contribution in [0.15, 0.2) is 36.5 Å². The van der Waals surface area contributed by atoms with Gasteiger partial charge in [-0.2, -0.15) is 0 Å². The van der Waals surface area contributed by atoms with E-state index in [4.69, 9.17) is 14.0 Å². The molecule has 2 aromatic rings. The summed E-state index contributed by atoms with van der Waals surface area (Å²) in [5.74, 6) is 0. The number of rotatable bonds is 8. The normalized spacial score (nSPS) is 16.8. The van der Waals surface area contributed by atoms with Crippen LogP contribution in [0.5, 0.6) is 0 Å². The maximum atomic E-state index is 8.91. The zero-order chi connectivity index (χ0) is 18.4. The van der Waals surface area contributed by atoms with Crippen molar-refractivity contribution >= 4 is 38.1 Å². The third-order valence-corrected chi connectivity index (χ3v) is 10.6. The van der Waals surface area contributed by atoms with Crippen LogP contribution in [-0.4, -0.2) is 48.5 Å². The number of aromatic nitrogens is 1. The van der Waals surface area contributed by atoms with Gasteiger partial charge in [-0.1, -0.05) is 0 Å². The number of alkyl halides is 2. The number of hydrogen-bond donors (Lipinski definition) is 3. The third-order valence-electron chi connectivity index (χ3n) is 5.09.